The van der Waals surface area contributed by atoms with Crippen molar-refractivity contribution in [3.63, 3.8) is 0 Å². The van der Waals surface area contributed by atoms with Gasteiger partial charge in [0, 0.05) is 17.2 Å². The summed E-state index contributed by atoms with van der Waals surface area (Å²) in [4.78, 5) is 10.5. The minimum atomic E-state index is -0.852. The first kappa shape index (κ1) is 13.3. The van der Waals surface area contributed by atoms with Crippen molar-refractivity contribution in [2.24, 2.45) is 0 Å². The maximum Gasteiger partial charge on any atom is 0.370 e. The summed E-state index contributed by atoms with van der Waals surface area (Å²) in [6.07, 6.45) is 7.44. The number of benzene rings is 1. The molecule has 0 atom stereocenters. The number of aliphatic carboxylic acids is 1. The fraction of sp³-hybridized carbons (Fsp3) is 0.0667. The van der Waals surface area contributed by atoms with Crippen molar-refractivity contribution in [1.29, 1.82) is 0 Å². The highest BCUT2D eigenvalue weighted by atomic mass is 35.5. The number of pyridine rings is 1. The number of carboxylic acids is 1. The number of carbonyl (C=O) groups is 1. The van der Waals surface area contributed by atoms with E-state index in [0.717, 1.165) is 11.1 Å². The summed E-state index contributed by atoms with van der Waals surface area (Å²) >= 11 is 5.81. The highest BCUT2D eigenvalue weighted by molar-refractivity contribution is 6.30. The second kappa shape index (κ2) is 6.16. The van der Waals surface area contributed by atoms with Gasteiger partial charge in [-0.15, -0.1) is 0 Å². The van der Waals surface area contributed by atoms with Gasteiger partial charge >= 0.3 is 5.97 Å². The Bertz CT molecular complexity index is 589. The van der Waals surface area contributed by atoms with Crippen molar-refractivity contribution in [2.75, 3.05) is 0 Å². The van der Waals surface area contributed by atoms with Crippen LogP contribution in [0.4, 0.5) is 0 Å². The number of rotatable bonds is 4. The normalized spacial score (nSPS) is 10.8. The molecule has 1 aromatic carbocycles. The largest absolute Gasteiger partial charge is 0.477 e. The SMILES string of the molecule is O=C(O)C[n+]1ccc(/C=C\c2ccc(Cl)cc2)cc1. The molecule has 0 aliphatic heterocycles. The average Bonchev–Trinajstić information content (AvgIpc) is 2.39. The van der Waals surface area contributed by atoms with E-state index in [1.807, 2.05) is 48.6 Å². The zero-order valence-electron chi connectivity index (χ0n) is 10.2. The molecule has 96 valence electrons. The van der Waals surface area contributed by atoms with Crippen molar-refractivity contribution in [1.82, 2.24) is 0 Å². The van der Waals surface area contributed by atoms with Crippen LogP contribution in [-0.2, 0) is 11.3 Å². The predicted octanol–water partition coefficient (Wildman–Crippen LogP) is 2.88. The summed E-state index contributed by atoms with van der Waals surface area (Å²) in [6.45, 7) is -0.0266. The molecule has 2 rings (SSSR count). The summed E-state index contributed by atoms with van der Waals surface area (Å²) in [5.41, 5.74) is 2.07. The van der Waals surface area contributed by atoms with Crippen LogP contribution in [0, 0.1) is 0 Å². The van der Waals surface area contributed by atoms with Crippen LogP contribution in [0.1, 0.15) is 11.1 Å². The molecule has 0 amide bonds. The second-order valence-corrected chi connectivity index (χ2v) is 4.52. The molecule has 1 heterocycles. The Morgan fingerprint density at radius 3 is 2.11 bits per heavy atom. The predicted molar refractivity (Wildman–Crippen MR) is 74.7 cm³/mol. The molecule has 0 saturated heterocycles. The van der Waals surface area contributed by atoms with E-state index in [-0.39, 0.29) is 6.54 Å². The number of hydrogen-bond donors (Lipinski definition) is 1. The van der Waals surface area contributed by atoms with E-state index in [0.29, 0.717) is 5.02 Å². The lowest BCUT2D eigenvalue weighted by Gasteiger charge is -1.95. The molecule has 0 unspecified atom stereocenters. The zero-order valence-corrected chi connectivity index (χ0v) is 10.9. The van der Waals surface area contributed by atoms with Gasteiger partial charge < -0.3 is 5.11 Å². The Labute approximate surface area is 116 Å². The average molecular weight is 275 g/mol. The fourth-order valence-electron chi connectivity index (χ4n) is 1.61. The third-order valence-corrected chi connectivity index (χ3v) is 2.82. The highest BCUT2D eigenvalue weighted by Crippen LogP contribution is 2.12. The fourth-order valence-corrected chi connectivity index (χ4v) is 1.73. The Kier molecular flexibility index (Phi) is 4.31. The molecule has 4 heteroatoms. The van der Waals surface area contributed by atoms with Crippen LogP contribution in [0.2, 0.25) is 5.02 Å². The van der Waals surface area contributed by atoms with Gasteiger partial charge in [0.05, 0.1) is 0 Å². The van der Waals surface area contributed by atoms with Crippen molar-refractivity contribution >= 4 is 29.7 Å². The van der Waals surface area contributed by atoms with E-state index >= 15 is 0 Å². The maximum absolute atomic E-state index is 10.5. The summed E-state index contributed by atoms with van der Waals surface area (Å²) in [6, 6.07) is 11.3. The van der Waals surface area contributed by atoms with Gasteiger partial charge in [-0.05, 0) is 23.3 Å². The second-order valence-electron chi connectivity index (χ2n) is 4.08. The zero-order chi connectivity index (χ0) is 13.7. The van der Waals surface area contributed by atoms with Crippen molar-refractivity contribution < 1.29 is 14.5 Å². The van der Waals surface area contributed by atoms with Gasteiger partial charge in [0.15, 0.2) is 12.4 Å². The van der Waals surface area contributed by atoms with Crippen molar-refractivity contribution in [2.45, 2.75) is 6.54 Å². The Hall–Kier alpha value is -2.13. The van der Waals surface area contributed by atoms with Gasteiger partial charge in [-0.25, -0.2) is 4.79 Å². The summed E-state index contributed by atoms with van der Waals surface area (Å²) in [5, 5.41) is 9.38. The van der Waals surface area contributed by atoms with Gasteiger partial charge in [0.1, 0.15) is 0 Å². The van der Waals surface area contributed by atoms with E-state index < -0.39 is 5.97 Å². The number of carboxylic acid groups (broad SMARTS) is 1. The maximum atomic E-state index is 10.5. The van der Waals surface area contributed by atoms with E-state index in [2.05, 4.69) is 0 Å². The first-order chi connectivity index (χ1) is 9.13. The van der Waals surface area contributed by atoms with Crippen molar-refractivity contribution in [3.05, 3.63) is 64.9 Å². The van der Waals surface area contributed by atoms with E-state index in [9.17, 15) is 4.79 Å². The van der Waals surface area contributed by atoms with E-state index in [1.165, 1.54) is 0 Å². The summed E-state index contributed by atoms with van der Waals surface area (Å²) < 4.78 is 1.61. The van der Waals surface area contributed by atoms with Crippen molar-refractivity contribution in [3.8, 4) is 0 Å². The first-order valence-corrected chi connectivity index (χ1v) is 6.16. The van der Waals surface area contributed by atoms with Crippen LogP contribution in [0.25, 0.3) is 12.2 Å². The standard InChI is InChI=1S/C15H12ClNO2/c16-14-5-3-12(4-6-14)1-2-13-7-9-17(10-8-13)11-15(18)19/h1-10H,11H2/p+1/b2-1-. The lowest BCUT2D eigenvalue weighted by molar-refractivity contribution is -0.685. The molecule has 0 bridgehead atoms. The van der Waals surface area contributed by atoms with Crippen LogP contribution in [0.5, 0.6) is 0 Å². The van der Waals surface area contributed by atoms with Crippen LogP contribution in [-0.4, -0.2) is 11.1 Å². The monoisotopic (exact) mass is 274 g/mol. The first-order valence-electron chi connectivity index (χ1n) is 5.78. The molecule has 3 nitrogen and oxygen atoms in total. The van der Waals surface area contributed by atoms with Crippen LogP contribution < -0.4 is 4.57 Å². The molecular formula is C15H13ClNO2+. The van der Waals surface area contributed by atoms with E-state index in [4.69, 9.17) is 16.7 Å². The van der Waals surface area contributed by atoms with Gasteiger partial charge in [-0.2, -0.15) is 4.57 Å². The molecule has 0 fully saturated rings. The van der Waals surface area contributed by atoms with Crippen LogP contribution >= 0.6 is 11.6 Å². The smallest absolute Gasteiger partial charge is 0.370 e. The molecule has 2 aromatic rings. The highest BCUT2D eigenvalue weighted by Gasteiger charge is 2.05. The molecule has 0 radical (unpaired) electrons. The van der Waals surface area contributed by atoms with Gasteiger partial charge in [-0.3, -0.25) is 0 Å². The van der Waals surface area contributed by atoms with E-state index in [1.54, 1.807) is 17.0 Å². The number of halogens is 1. The summed E-state index contributed by atoms with van der Waals surface area (Å²) in [5.74, 6) is -0.852. The minimum absolute atomic E-state index is 0.0266. The Morgan fingerprint density at radius 2 is 1.58 bits per heavy atom. The third kappa shape index (κ3) is 4.23. The molecule has 0 aliphatic carbocycles. The molecule has 1 aromatic heterocycles. The molecule has 0 saturated carbocycles. The number of aromatic nitrogens is 1. The topological polar surface area (TPSA) is 41.2 Å². The van der Waals surface area contributed by atoms with Gasteiger partial charge in [0.2, 0.25) is 6.54 Å². The molecule has 1 N–H and O–H groups in total. The molecule has 0 spiro atoms. The number of hydrogen-bond acceptors (Lipinski definition) is 1. The lowest BCUT2D eigenvalue weighted by Crippen LogP contribution is -2.36. The molecule has 19 heavy (non-hydrogen) atoms. The van der Waals surface area contributed by atoms with Gasteiger partial charge in [0.25, 0.3) is 0 Å². The Morgan fingerprint density at radius 1 is 1.05 bits per heavy atom. The number of nitrogens with zero attached hydrogens (tertiary/aromatic N) is 1. The molecule has 0 aliphatic rings. The van der Waals surface area contributed by atoms with Gasteiger partial charge in [-0.1, -0.05) is 35.9 Å². The Balaban J connectivity index is 2.06. The van der Waals surface area contributed by atoms with Crippen LogP contribution in [0.3, 0.4) is 0 Å². The lowest BCUT2D eigenvalue weighted by atomic mass is 10.1. The molecular weight excluding hydrogens is 262 g/mol. The van der Waals surface area contributed by atoms with Crippen LogP contribution in [0.15, 0.2) is 48.8 Å². The minimum Gasteiger partial charge on any atom is -0.477 e. The quantitative estimate of drug-likeness (QED) is 0.871. The third-order valence-electron chi connectivity index (χ3n) is 2.57. The summed E-state index contributed by atoms with van der Waals surface area (Å²) in [7, 11) is 0.